The lowest BCUT2D eigenvalue weighted by Gasteiger charge is -2.29. The first-order chi connectivity index (χ1) is 9.60. The zero-order valence-electron chi connectivity index (χ0n) is 11.2. The van der Waals surface area contributed by atoms with Crippen molar-refractivity contribution in [2.75, 3.05) is 20.2 Å². The number of carboxylic acids is 1. The summed E-state index contributed by atoms with van der Waals surface area (Å²) in [6.45, 7) is 0.713. The minimum atomic E-state index is -0.871. The quantitative estimate of drug-likeness (QED) is 0.915. The zero-order valence-corrected chi connectivity index (χ0v) is 11.2. The van der Waals surface area contributed by atoms with Gasteiger partial charge in [-0.3, -0.25) is 4.79 Å². The van der Waals surface area contributed by atoms with Gasteiger partial charge in [-0.15, -0.1) is 0 Å². The van der Waals surface area contributed by atoms with Gasteiger partial charge in [0.15, 0.2) is 0 Å². The Kier molecular flexibility index (Phi) is 4.45. The molecule has 0 aromatic heterocycles. The number of aliphatic carboxylic acids is 1. The SMILES string of the molecule is COc1cccc(OC(=O)N2CCCC(C(=O)O)C2)c1. The van der Waals surface area contributed by atoms with Crippen molar-refractivity contribution in [3.8, 4) is 11.5 Å². The summed E-state index contributed by atoms with van der Waals surface area (Å²) < 4.78 is 10.3. The Balaban J connectivity index is 1.98. The summed E-state index contributed by atoms with van der Waals surface area (Å²) in [4.78, 5) is 24.4. The van der Waals surface area contributed by atoms with Crippen LogP contribution in [0.15, 0.2) is 24.3 Å². The van der Waals surface area contributed by atoms with Crippen LogP contribution in [0.3, 0.4) is 0 Å². The molecule has 0 bridgehead atoms. The molecule has 2 rings (SSSR count). The van der Waals surface area contributed by atoms with E-state index in [1.54, 1.807) is 24.3 Å². The van der Waals surface area contributed by atoms with Gasteiger partial charge in [0.05, 0.1) is 13.0 Å². The van der Waals surface area contributed by atoms with E-state index in [1.807, 2.05) is 0 Å². The highest BCUT2D eigenvalue weighted by atomic mass is 16.6. The van der Waals surface area contributed by atoms with Gasteiger partial charge in [0.1, 0.15) is 11.5 Å². The molecule has 1 atom stereocenters. The highest BCUT2D eigenvalue weighted by Crippen LogP contribution is 2.21. The fourth-order valence-corrected chi connectivity index (χ4v) is 2.17. The Morgan fingerprint density at radius 1 is 1.35 bits per heavy atom. The van der Waals surface area contributed by atoms with E-state index in [0.717, 1.165) is 0 Å². The molecule has 1 amide bonds. The van der Waals surface area contributed by atoms with Crippen molar-refractivity contribution in [1.29, 1.82) is 0 Å². The van der Waals surface area contributed by atoms with Crippen molar-refractivity contribution in [3.05, 3.63) is 24.3 Å². The Morgan fingerprint density at radius 2 is 2.10 bits per heavy atom. The minimum absolute atomic E-state index is 0.193. The molecular formula is C14H17NO5. The van der Waals surface area contributed by atoms with E-state index in [2.05, 4.69) is 0 Å². The van der Waals surface area contributed by atoms with Crippen LogP contribution in [0, 0.1) is 5.92 Å². The van der Waals surface area contributed by atoms with Gasteiger partial charge in [0, 0.05) is 19.2 Å². The maximum absolute atomic E-state index is 12.0. The molecule has 1 aromatic rings. The van der Waals surface area contributed by atoms with Crippen LogP contribution in [-0.4, -0.2) is 42.3 Å². The number of rotatable bonds is 3. The second-order valence-corrected chi connectivity index (χ2v) is 4.67. The van der Waals surface area contributed by atoms with Crippen molar-refractivity contribution in [2.45, 2.75) is 12.8 Å². The zero-order chi connectivity index (χ0) is 14.5. The van der Waals surface area contributed by atoms with Crippen LogP contribution in [-0.2, 0) is 4.79 Å². The summed E-state index contributed by atoms with van der Waals surface area (Å²) in [5.74, 6) is -0.408. The number of piperidine rings is 1. The number of carbonyl (C=O) groups is 2. The second kappa shape index (κ2) is 6.27. The normalized spacial score (nSPS) is 18.4. The molecule has 6 heteroatoms. The number of benzene rings is 1. The summed E-state index contributed by atoms with van der Waals surface area (Å²) >= 11 is 0. The monoisotopic (exact) mass is 279 g/mol. The van der Waals surface area contributed by atoms with Crippen molar-refractivity contribution in [2.24, 2.45) is 5.92 Å². The molecule has 1 N–H and O–H groups in total. The Bertz CT molecular complexity index is 502. The molecule has 0 spiro atoms. The number of hydrogen-bond acceptors (Lipinski definition) is 4. The fraction of sp³-hybridized carbons (Fsp3) is 0.429. The highest BCUT2D eigenvalue weighted by molar-refractivity contribution is 5.74. The maximum Gasteiger partial charge on any atom is 0.415 e. The molecule has 0 aliphatic carbocycles. The van der Waals surface area contributed by atoms with Gasteiger partial charge in [-0.05, 0) is 25.0 Å². The van der Waals surface area contributed by atoms with E-state index < -0.39 is 18.0 Å². The molecular weight excluding hydrogens is 262 g/mol. The first-order valence-electron chi connectivity index (χ1n) is 6.44. The van der Waals surface area contributed by atoms with Crippen LogP contribution in [0.4, 0.5) is 4.79 Å². The van der Waals surface area contributed by atoms with Gasteiger partial charge in [-0.1, -0.05) is 6.07 Å². The van der Waals surface area contributed by atoms with Crippen LogP contribution < -0.4 is 9.47 Å². The molecule has 1 saturated heterocycles. The number of amides is 1. The molecule has 20 heavy (non-hydrogen) atoms. The fourth-order valence-electron chi connectivity index (χ4n) is 2.17. The second-order valence-electron chi connectivity index (χ2n) is 4.67. The van der Waals surface area contributed by atoms with E-state index in [1.165, 1.54) is 12.0 Å². The van der Waals surface area contributed by atoms with Crippen molar-refractivity contribution in [3.63, 3.8) is 0 Å². The van der Waals surface area contributed by atoms with E-state index in [0.29, 0.717) is 30.9 Å². The summed E-state index contributed by atoms with van der Waals surface area (Å²) in [6.07, 6.45) is 0.742. The molecule has 0 saturated carbocycles. The smallest absolute Gasteiger partial charge is 0.415 e. The molecule has 1 aliphatic rings. The lowest BCUT2D eigenvalue weighted by molar-refractivity contribution is -0.143. The molecule has 108 valence electrons. The van der Waals surface area contributed by atoms with E-state index in [-0.39, 0.29) is 6.54 Å². The van der Waals surface area contributed by atoms with Gasteiger partial charge in [-0.2, -0.15) is 0 Å². The number of methoxy groups -OCH3 is 1. The van der Waals surface area contributed by atoms with Gasteiger partial charge >= 0.3 is 12.1 Å². The lowest BCUT2D eigenvalue weighted by Crippen LogP contribution is -2.43. The standard InChI is InChI=1S/C14H17NO5/c1-19-11-5-2-6-12(8-11)20-14(18)15-7-3-4-10(9-15)13(16)17/h2,5-6,8,10H,3-4,7,9H2,1H3,(H,16,17). The van der Waals surface area contributed by atoms with Crippen molar-refractivity contribution >= 4 is 12.1 Å². The summed E-state index contributed by atoms with van der Waals surface area (Å²) in [5.41, 5.74) is 0. The number of ether oxygens (including phenoxy) is 2. The van der Waals surface area contributed by atoms with E-state index in [9.17, 15) is 9.59 Å². The summed E-state index contributed by atoms with van der Waals surface area (Å²) in [6, 6.07) is 6.73. The van der Waals surface area contributed by atoms with Gasteiger partial charge in [0.25, 0.3) is 0 Å². The Hall–Kier alpha value is -2.24. The van der Waals surface area contributed by atoms with Gasteiger partial charge < -0.3 is 19.5 Å². The van der Waals surface area contributed by atoms with Crippen LogP contribution in [0.5, 0.6) is 11.5 Å². The Morgan fingerprint density at radius 3 is 2.80 bits per heavy atom. The molecule has 1 heterocycles. The van der Waals surface area contributed by atoms with E-state index in [4.69, 9.17) is 14.6 Å². The number of nitrogens with zero attached hydrogens (tertiary/aromatic N) is 1. The summed E-state index contributed by atoms with van der Waals surface area (Å²) in [5, 5.41) is 9.00. The Labute approximate surface area is 116 Å². The molecule has 0 radical (unpaired) electrons. The first kappa shape index (κ1) is 14.2. The predicted molar refractivity (Wildman–Crippen MR) is 71.0 cm³/mol. The number of likely N-dealkylation sites (tertiary alicyclic amines) is 1. The third kappa shape index (κ3) is 3.40. The summed E-state index contributed by atoms with van der Waals surface area (Å²) in [7, 11) is 1.53. The molecule has 1 aromatic carbocycles. The molecule has 1 unspecified atom stereocenters. The van der Waals surface area contributed by atoms with Crippen LogP contribution in [0.25, 0.3) is 0 Å². The van der Waals surface area contributed by atoms with Crippen molar-refractivity contribution < 1.29 is 24.2 Å². The third-order valence-corrected chi connectivity index (χ3v) is 3.28. The van der Waals surface area contributed by atoms with Crippen molar-refractivity contribution in [1.82, 2.24) is 4.90 Å². The lowest BCUT2D eigenvalue weighted by atomic mass is 9.99. The number of hydrogen-bond donors (Lipinski definition) is 1. The van der Waals surface area contributed by atoms with Gasteiger partial charge in [0.2, 0.25) is 0 Å². The predicted octanol–water partition coefficient (Wildman–Crippen LogP) is 1.99. The number of carboxylic acid groups (broad SMARTS) is 1. The largest absolute Gasteiger partial charge is 0.497 e. The maximum atomic E-state index is 12.0. The van der Waals surface area contributed by atoms with Crippen LogP contribution in [0.1, 0.15) is 12.8 Å². The average Bonchev–Trinajstić information content (AvgIpc) is 2.47. The molecule has 6 nitrogen and oxygen atoms in total. The van der Waals surface area contributed by atoms with Gasteiger partial charge in [-0.25, -0.2) is 4.79 Å². The minimum Gasteiger partial charge on any atom is -0.497 e. The van der Waals surface area contributed by atoms with Crippen LogP contribution >= 0.6 is 0 Å². The average molecular weight is 279 g/mol. The molecule has 1 fully saturated rings. The number of carbonyl (C=O) groups excluding carboxylic acids is 1. The van der Waals surface area contributed by atoms with E-state index >= 15 is 0 Å². The molecule has 1 aliphatic heterocycles. The topological polar surface area (TPSA) is 76.1 Å². The first-order valence-corrected chi connectivity index (χ1v) is 6.44. The highest BCUT2D eigenvalue weighted by Gasteiger charge is 2.29. The third-order valence-electron chi connectivity index (χ3n) is 3.28. The van der Waals surface area contributed by atoms with Crippen LogP contribution in [0.2, 0.25) is 0 Å².